The summed E-state index contributed by atoms with van der Waals surface area (Å²) in [5.74, 6) is -2.90. The van der Waals surface area contributed by atoms with Crippen molar-refractivity contribution >= 4 is 18.0 Å². The van der Waals surface area contributed by atoms with Crippen LogP contribution in [0.2, 0.25) is 0 Å². The van der Waals surface area contributed by atoms with Crippen molar-refractivity contribution in [3.05, 3.63) is 47.2 Å². The second kappa shape index (κ2) is 11.7. The third kappa shape index (κ3) is 7.21. The minimum absolute atomic E-state index is 0.0568. The standard InChI is InChI=1S/C26H29F5N4O5/c1-6-39-23(37)16-7-15(11-33-22(16)26(29,30)31)19-8-14(18(28)12-32-19)9-21(36)34-20-10-17(27)13(2)35(20)24(38)40-25(3,4)5/h7-8,11-13,17,20H,6,9-10H2,1-5H3,(H,34,36)/t13-,17+,20-/m0/s1. The molecular weight excluding hydrogens is 543 g/mol. The molecule has 1 aliphatic rings. The highest BCUT2D eigenvalue weighted by atomic mass is 19.4. The van der Waals surface area contributed by atoms with Gasteiger partial charge in [0.25, 0.3) is 0 Å². The van der Waals surface area contributed by atoms with Crippen molar-refractivity contribution in [1.29, 1.82) is 0 Å². The first-order valence-corrected chi connectivity index (χ1v) is 12.4. The zero-order valence-electron chi connectivity index (χ0n) is 22.4. The number of likely N-dealkylation sites (tertiary alicyclic amines) is 1. The molecule has 3 heterocycles. The number of pyridine rings is 2. The Labute approximate surface area is 227 Å². The Morgan fingerprint density at radius 3 is 2.40 bits per heavy atom. The Hall–Kier alpha value is -3.84. The summed E-state index contributed by atoms with van der Waals surface area (Å²) in [4.78, 5) is 45.9. The van der Waals surface area contributed by atoms with Crippen LogP contribution in [0.1, 0.15) is 62.7 Å². The van der Waals surface area contributed by atoms with Gasteiger partial charge in [0.15, 0.2) is 5.69 Å². The van der Waals surface area contributed by atoms with Crippen LogP contribution in [0.4, 0.5) is 26.7 Å². The molecule has 0 saturated carbocycles. The van der Waals surface area contributed by atoms with E-state index in [-0.39, 0.29) is 29.8 Å². The fourth-order valence-corrected chi connectivity index (χ4v) is 4.10. The van der Waals surface area contributed by atoms with Gasteiger partial charge in [0.05, 0.1) is 36.5 Å². The van der Waals surface area contributed by atoms with E-state index in [1.165, 1.54) is 13.8 Å². The van der Waals surface area contributed by atoms with Crippen molar-refractivity contribution in [3.8, 4) is 11.3 Å². The van der Waals surface area contributed by atoms with Crippen LogP contribution in [0, 0.1) is 5.82 Å². The molecule has 0 radical (unpaired) electrons. The summed E-state index contributed by atoms with van der Waals surface area (Å²) >= 11 is 0. The normalized spacial score (nSPS) is 19.4. The second-order valence-electron chi connectivity index (χ2n) is 10.1. The molecule has 2 aromatic rings. The molecule has 40 heavy (non-hydrogen) atoms. The first-order valence-electron chi connectivity index (χ1n) is 12.4. The Kier molecular flexibility index (Phi) is 9.00. The van der Waals surface area contributed by atoms with E-state index in [1.54, 1.807) is 20.8 Å². The van der Waals surface area contributed by atoms with E-state index >= 15 is 0 Å². The van der Waals surface area contributed by atoms with Crippen molar-refractivity contribution in [3.63, 3.8) is 0 Å². The Bertz CT molecular complexity index is 1280. The highest BCUT2D eigenvalue weighted by molar-refractivity contribution is 5.92. The first kappa shape index (κ1) is 30.7. The number of halogens is 5. The molecule has 1 fully saturated rings. The van der Waals surface area contributed by atoms with Crippen molar-refractivity contribution in [2.75, 3.05) is 6.61 Å². The summed E-state index contributed by atoms with van der Waals surface area (Å²) in [6.45, 7) is 7.63. The van der Waals surface area contributed by atoms with Crippen molar-refractivity contribution in [1.82, 2.24) is 20.2 Å². The summed E-state index contributed by atoms with van der Waals surface area (Å²) in [7, 11) is 0. The third-order valence-corrected chi connectivity index (χ3v) is 5.91. The maximum atomic E-state index is 14.6. The molecule has 9 nitrogen and oxygen atoms in total. The van der Waals surface area contributed by atoms with Gasteiger partial charge in [-0.05, 0) is 46.8 Å². The summed E-state index contributed by atoms with van der Waals surface area (Å²) in [5, 5.41) is 2.51. The molecule has 1 N–H and O–H groups in total. The fraction of sp³-hybridized carbons (Fsp3) is 0.500. The number of carbonyl (C=O) groups excluding carboxylic acids is 3. The molecule has 0 aromatic carbocycles. The topological polar surface area (TPSA) is 111 Å². The van der Waals surface area contributed by atoms with E-state index in [0.717, 1.165) is 29.4 Å². The highest BCUT2D eigenvalue weighted by Gasteiger charge is 2.44. The molecular formula is C26H29F5N4O5. The molecule has 0 spiro atoms. The lowest BCUT2D eigenvalue weighted by molar-refractivity contribution is -0.141. The monoisotopic (exact) mass is 572 g/mol. The SMILES string of the molecule is CCOC(=O)c1cc(-c2cc(CC(=O)N[C@@H]3C[C@@H](F)[C@H](C)N3C(=O)OC(C)(C)C)c(F)cn2)cnc1C(F)(F)F. The van der Waals surface area contributed by atoms with Gasteiger partial charge in [-0.25, -0.2) is 18.4 Å². The van der Waals surface area contributed by atoms with Crippen molar-refractivity contribution in [2.45, 2.75) is 77.6 Å². The van der Waals surface area contributed by atoms with Crippen LogP contribution >= 0.6 is 0 Å². The predicted molar refractivity (Wildman–Crippen MR) is 131 cm³/mol. The number of ether oxygens (including phenoxy) is 2. The Morgan fingerprint density at radius 2 is 1.80 bits per heavy atom. The van der Waals surface area contributed by atoms with Gasteiger partial charge in [0, 0.05) is 23.7 Å². The van der Waals surface area contributed by atoms with Crippen LogP contribution in [-0.2, 0) is 26.9 Å². The molecule has 14 heteroatoms. The number of rotatable bonds is 6. The maximum Gasteiger partial charge on any atom is 0.434 e. The number of nitrogens with one attached hydrogen (secondary N) is 1. The molecule has 0 aliphatic carbocycles. The van der Waals surface area contributed by atoms with E-state index in [2.05, 4.69) is 15.3 Å². The van der Waals surface area contributed by atoms with E-state index < -0.39 is 71.6 Å². The van der Waals surface area contributed by atoms with Gasteiger partial charge in [0.2, 0.25) is 5.91 Å². The molecule has 0 unspecified atom stereocenters. The minimum atomic E-state index is -4.94. The largest absolute Gasteiger partial charge is 0.462 e. The maximum absolute atomic E-state index is 14.6. The summed E-state index contributed by atoms with van der Waals surface area (Å²) in [6, 6.07) is 1.11. The van der Waals surface area contributed by atoms with Crippen LogP contribution in [0.15, 0.2) is 24.5 Å². The summed E-state index contributed by atoms with van der Waals surface area (Å²) in [6.07, 6.45) is -7.45. The number of esters is 1. The number of alkyl halides is 4. The number of aromatic nitrogens is 2. The number of nitrogens with zero attached hydrogens (tertiary/aromatic N) is 3. The average Bonchev–Trinajstić information content (AvgIpc) is 3.11. The third-order valence-electron chi connectivity index (χ3n) is 5.91. The van der Waals surface area contributed by atoms with Gasteiger partial charge in [-0.1, -0.05) is 0 Å². The fourth-order valence-electron chi connectivity index (χ4n) is 4.10. The lowest BCUT2D eigenvalue weighted by Crippen LogP contribution is -2.51. The Balaban J connectivity index is 1.84. The smallest absolute Gasteiger partial charge is 0.434 e. The molecule has 3 atom stereocenters. The molecule has 218 valence electrons. The quantitative estimate of drug-likeness (QED) is 0.390. The molecule has 1 aliphatic heterocycles. The van der Waals surface area contributed by atoms with Gasteiger partial charge in [-0.15, -0.1) is 0 Å². The Morgan fingerprint density at radius 1 is 1.12 bits per heavy atom. The van der Waals surface area contributed by atoms with Crippen LogP contribution in [0.5, 0.6) is 0 Å². The number of hydrogen-bond donors (Lipinski definition) is 1. The van der Waals surface area contributed by atoms with E-state index in [4.69, 9.17) is 9.47 Å². The zero-order chi connectivity index (χ0) is 30.0. The lowest BCUT2D eigenvalue weighted by atomic mass is 10.0. The lowest BCUT2D eigenvalue weighted by Gasteiger charge is -2.31. The van der Waals surface area contributed by atoms with Crippen LogP contribution in [-0.4, -0.2) is 63.4 Å². The summed E-state index contributed by atoms with van der Waals surface area (Å²) in [5.41, 5.74) is -3.48. The average molecular weight is 573 g/mol. The molecule has 2 aromatic heterocycles. The van der Waals surface area contributed by atoms with Gasteiger partial charge >= 0.3 is 18.2 Å². The van der Waals surface area contributed by atoms with Crippen molar-refractivity contribution in [2.24, 2.45) is 0 Å². The second-order valence-corrected chi connectivity index (χ2v) is 10.1. The highest BCUT2D eigenvalue weighted by Crippen LogP contribution is 2.33. The van der Waals surface area contributed by atoms with E-state index in [0.29, 0.717) is 0 Å². The number of hydrogen-bond acceptors (Lipinski definition) is 7. The number of carbonyl (C=O) groups is 3. The molecule has 3 rings (SSSR count). The first-order chi connectivity index (χ1) is 18.5. The zero-order valence-corrected chi connectivity index (χ0v) is 22.4. The van der Waals surface area contributed by atoms with Crippen LogP contribution in [0.3, 0.4) is 0 Å². The number of amides is 2. The van der Waals surface area contributed by atoms with Gasteiger partial charge < -0.3 is 14.8 Å². The van der Waals surface area contributed by atoms with Crippen LogP contribution in [0.25, 0.3) is 11.3 Å². The minimum Gasteiger partial charge on any atom is -0.462 e. The van der Waals surface area contributed by atoms with E-state index in [1.807, 2.05) is 0 Å². The van der Waals surface area contributed by atoms with Gasteiger partial charge in [0.1, 0.15) is 23.8 Å². The van der Waals surface area contributed by atoms with Gasteiger partial charge in [-0.2, -0.15) is 13.2 Å². The van der Waals surface area contributed by atoms with Gasteiger partial charge in [-0.3, -0.25) is 19.7 Å². The molecule has 1 saturated heterocycles. The van der Waals surface area contributed by atoms with Crippen molar-refractivity contribution < 1.29 is 45.8 Å². The summed E-state index contributed by atoms with van der Waals surface area (Å²) < 4.78 is 79.2. The molecule has 2 amide bonds. The van der Waals surface area contributed by atoms with Crippen LogP contribution < -0.4 is 5.32 Å². The van der Waals surface area contributed by atoms with E-state index in [9.17, 15) is 36.3 Å². The molecule has 0 bridgehead atoms. The predicted octanol–water partition coefficient (Wildman–Crippen LogP) is 4.83.